The first-order valence-corrected chi connectivity index (χ1v) is 32.3. The Morgan fingerprint density at radius 2 is 0.505 bits per heavy atom. The van der Waals surface area contributed by atoms with Crippen molar-refractivity contribution in [2.75, 3.05) is 42.7 Å². The summed E-state index contributed by atoms with van der Waals surface area (Å²) in [5.41, 5.74) is 21.0. The summed E-state index contributed by atoms with van der Waals surface area (Å²) in [5, 5.41) is 0. The number of hydrogen-bond acceptors (Lipinski definition) is 6. The van der Waals surface area contributed by atoms with E-state index in [9.17, 15) is 35.1 Å². The SMILES string of the molecule is COc1cc(C)c(C)c(C(C)C)c1.COc1cc(C)c(C)c(C(C)C)c1.COc1cc(C)c(C)c(C(F)(F)F)c1.COc1cc(C)c(C)c(C)c1.COc1cc(C)c(C)c(F)c1.COc1cc(C)c(C)c(F)c1.Cc1cc(C)c(C)c(C(F)(F)F)c1.Cc1cccc(C(C)C)c1C. The van der Waals surface area contributed by atoms with Crippen molar-refractivity contribution >= 4 is 0 Å². The van der Waals surface area contributed by atoms with E-state index in [1.165, 1.54) is 120 Å². The summed E-state index contributed by atoms with van der Waals surface area (Å²) in [6, 6.07) is 31.0. The lowest BCUT2D eigenvalue weighted by atomic mass is 9.94. The standard InChI is InChI=1S/2C12H18O.C11H16.C10H11F3O.C10H11F3.C10H14O.2C9H11FO/c2*1-8(2)12-7-11(13-5)6-9(3)10(12)4;1-8(2)11-7-5-6-9(3)10(11)4;1-6-4-8(14-3)5-9(7(6)2)10(11,12)13;1-6-4-7(2)8(3)9(5-6)10(11,12)13;1-7-5-10(11-4)6-8(2)9(7)3;2*1-6-4-8(11-3)5-9(10)7(6)2/h2*6-8H,1-5H3;5-8H,1-4H3;4-5H,1-3H3;4-5H,1-3H3;5-6H,1-4H3;2*4-5H,1-3H3. The molecule has 0 N–H and O–H groups in total. The van der Waals surface area contributed by atoms with Crippen LogP contribution in [0.15, 0.2) is 103 Å². The van der Waals surface area contributed by atoms with Gasteiger partial charge in [-0.1, -0.05) is 71.4 Å². The van der Waals surface area contributed by atoms with E-state index >= 15 is 0 Å². The van der Waals surface area contributed by atoms with Crippen LogP contribution < -0.4 is 28.4 Å². The molecule has 0 spiro atoms. The van der Waals surface area contributed by atoms with Crippen molar-refractivity contribution in [2.24, 2.45) is 0 Å². The number of hydrogen-bond donors (Lipinski definition) is 0. The monoisotopic (exact) mass is 1350 g/mol. The van der Waals surface area contributed by atoms with Gasteiger partial charge in [-0.3, -0.25) is 0 Å². The third-order valence-corrected chi connectivity index (χ3v) is 17.4. The second kappa shape index (κ2) is 40.0. The van der Waals surface area contributed by atoms with Crippen LogP contribution in [0.1, 0.15) is 187 Å². The Labute approximate surface area is 577 Å². The van der Waals surface area contributed by atoms with Gasteiger partial charge in [0.25, 0.3) is 0 Å². The maximum Gasteiger partial charge on any atom is 0.416 e. The molecule has 14 heteroatoms. The van der Waals surface area contributed by atoms with E-state index in [0.717, 1.165) is 34.4 Å². The van der Waals surface area contributed by atoms with Crippen LogP contribution in [0.4, 0.5) is 35.1 Å². The van der Waals surface area contributed by atoms with Gasteiger partial charge in [-0.05, 0) is 320 Å². The molecule has 6 nitrogen and oxygen atoms in total. The molecule has 0 radical (unpaired) electrons. The van der Waals surface area contributed by atoms with Gasteiger partial charge in [0.15, 0.2) is 0 Å². The molecule has 0 saturated heterocycles. The summed E-state index contributed by atoms with van der Waals surface area (Å²) in [6.45, 7) is 47.8. The number of aryl methyl sites for hydroxylation is 10. The van der Waals surface area contributed by atoms with Gasteiger partial charge in [-0.25, -0.2) is 8.78 Å². The maximum atomic E-state index is 12.9. The van der Waals surface area contributed by atoms with Crippen LogP contribution in [-0.2, 0) is 12.4 Å². The normalized spacial score (nSPS) is 10.6. The molecule has 0 bridgehead atoms. The van der Waals surface area contributed by atoms with E-state index in [1.807, 2.05) is 26.0 Å². The van der Waals surface area contributed by atoms with Crippen LogP contribution in [0.25, 0.3) is 0 Å². The summed E-state index contributed by atoms with van der Waals surface area (Å²) >= 11 is 0. The first-order chi connectivity index (χ1) is 44.9. The van der Waals surface area contributed by atoms with Gasteiger partial charge in [0, 0.05) is 12.1 Å². The molecular weight excluding hydrogens is 1240 g/mol. The molecule has 8 aromatic carbocycles. The Hall–Kier alpha value is -8.00. The zero-order chi connectivity index (χ0) is 74.9. The number of rotatable bonds is 9. The van der Waals surface area contributed by atoms with Crippen molar-refractivity contribution in [3.63, 3.8) is 0 Å². The van der Waals surface area contributed by atoms with E-state index in [-0.39, 0.29) is 22.9 Å². The minimum absolute atomic E-state index is 0.207. The van der Waals surface area contributed by atoms with Crippen molar-refractivity contribution in [3.05, 3.63) is 243 Å². The Kier molecular flexibility index (Phi) is 35.9. The summed E-state index contributed by atoms with van der Waals surface area (Å²) in [5.74, 6) is 5.63. The van der Waals surface area contributed by atoms with E-state index < -0.39 is 23.5 Å². The Morgan fingerprint density at radius 3 is 0.794 bits per heavy atom. The lowest BCUT2D eigenvalue weighted by Gasteiger charge is -2.14. The predicted octanol–water partition coefficient (Wildman–Crippen LogP) is 24.8. The average Bonchev–Trinajstić information content (AvgIpc) is 0.854. The van der Waals surface area contributed by atoms with Crippen LogP contribution in [0.3, 0.4) is 0 Å². The molecule has 0 amide bonds. The lowest BCUT2D eigenvalue weighted by molar-refractivity contribution is -0.139. The summed E-state index contributed by atoms with van der Waals surface area (Å²) < 4.78 is 131. The van der Waals surface area contributed by atoms with Crippen molar-refractivity contribution in [1.82, 2.24) is 0 Å². The van der Waals surface area contributed by atoms with E-state index in [4.69, 9.17) is 28.4 Å². The molecule has 0 aliphatic rings. The average molecular weight is 1360 g/mol. The molecule has 0 heterocycles. The molecule has 0 atom stereocenters. The molecule has 534 valence electrons. The minimum atomic E-state index is -4.32. The summed E-state index contributed by atoms with van der Waals surface area (Å²) in [6.07, 6.45) is -8.55. The molecule has 0 fully saturated rings. The van der Waals surface area contributed by atoms with Crippen LogP contribution in [0.2, 0.25) is 0 Å². The lowest BCUT2D eigenvalue weighted by Crippen LogP contribution is -2.08. The van der Waals surface area contributed by atoms with Crippen molar-refractivity contribution in [2.45, 2.75) is 196 Å². The number of ether oxygens (including phenoxy) is 6. The third kappa shape index (κ3) is 27.4. The second-order valence-electron chi connectivity index (χ2n) is 25.4. The zero-order valence-electron chi connectivity index (χ0n) is 63.5. The highest BCUT2D eigenvalue weighted by atomic mass is 19.4. The van der Waals surface area contributed by atoms with Crippen LogP contribution in [-0.4, -0.2) is 42.7 Å². The van der Waals surface area contributed by atoms with E-state index in [1.54, 1.807) is 68.1 Å². The summed E-state index contributed by atoms with van der Waals surface area (Å²) in [7, 11) is 9.54. The molecule has 0 unspecified atom stereocenters. The number of methoxy groups -OCH3 is 6. The molecule has 8 rings (SSSR count). The molecule has 8 aromatic rings. The van der Waals surface area contributed by atoms with Gasteiger partial charge in [0.2, 0.25) is 0 Å². The van der Waals surface area contributed by atoms with Crippen LogP contribution in [0.5, 0.6) is 34.5 Å². The van der Waals surface area contributed by atoms with Crippen LogP contribution in [0, 0.1) is 136 Å². The van der Waals surface area contributed by atoms with E-state index in [0.29, 0.717) is 62.6 Å². The van der Waals surface area contributed by atoms with Crippen molar-refractivity contribution in [1.29, 1.82) is 0 Å². The smallest absolute Gasteiger partial charge is 0.416 e. The van der Waals surface area contributed by atoms with Crippen molar-refractivity contribution < 1.29 is 63.5 Å². The highest BCUT2D eigenvalue weighted by Gasteiger charge is 2.34. The minimum Gasteiger partial charge on any atom is -0.497 e. The number of halogens is 8. The fraction of sp³-hybridized carbons (Fsp3) is 0.422. The molecule has 0 saturated carbocycles. The number of alkyl halides is 6. The second-order valence-corrected chi connectivity index (χ2v) is 25.4. The quantitative estimate of drug-likeness (QED) is 0.134. The highest BCUT2D eigenvalue weighted by molar-refractivity contribution is 5.46. The van der Waals surface area contributed by atoms with Gasteiger partial charge in [0.1, 0.15) is 46.1 Å². The largest absolute Gasteiger partial charge is 0.497 e. The Bertz CT molecular complexity index is 3530. The molecule has 0 aromatic heterocycles. The Morgan fingerprint density at radius 1 is 0.258 bits per heavy atom. The fourth-order valence-electron chi connectivity index (χ4n) is 10.0. The third-order valence-electron chi connectivity index (χ3n) is 17.4. The van der Waals surface area contributed by atoms with Gasteiger partial charge in [0.05, 0.1) is 53.8 Å². The Balaban J connectivity index is 0.000000555. The number of benzene rings is 8. The van der Waals surface area contributed by atoms with Crippen LogP contribution >= 0.6 is 0 Å². The molecular formula is C83H110F8O6. The first-order valence-electron chi connectivity index (χ1n) is 32.3. The van der Waals surface area contributed by atoms with Crippen molar-refractivity contribution in [3.8, 4) is 34.5 Å². The molecule has 97 heavy (non-hydrogen) atoms. The maximum absolute atomic E-state index is 12.9. The summed E-state index contributed by atoms with van der Waals surface area (Å²) in [4.78, 5) is 0. The zero-order valence-corrected chi connectivity index (χ0v) is 63.5. The van der Waals surface area contributed by atoms with Gasteiger partial charge < -0.3 is 28.4 Å². The predicted molar refractivity (Wildman–Crippen MR) is 388 cm³/mol. The fourth-order valence-corrected chi connectivity index (χ4v) is 10.0. The van der Waals surface area contributed by atoms with Gasteiger partial charge in [-0.15, -0.1) is 0 Å². The van der Waals surface area contributed by atoms with Gasteiger partial charge in [-0.2, -0.15) is 26.3 Å². The van der Waals surface area contributed by atoms with Gasteiger partial charge >= 0.3 is 12.4 Å². The topological polar surface area (TPSA) is 55.4 Å². The molecule has 0 aliphatic carbocycles. The van der Waals surface area contributed by atoms with E-state index in [2.05, 4.69) is 158 Å². The highest BCUT2D eigenvalue weighted by Crippen LogP contribution is 2.37. The molecule has 0 aliphatic heterocycles. The first kappa shape index (κ1) is 87.0.